The number of hydrogen-bond donors (Lipinski definition) is 0. The van der Waals surface area contributed by atoms with Gasteiger partial charge < -0.3 is 9.47 Å². The van der Waals surface area contributed by atoms with Crippen molar-refractivity contribution in [1.82, 2.24) is 4.90 Å². The van der Waals surface area contributed by atoms with E-state index in [2.05, 4.69) is 27.7 Å². The molecular formula is C36H57N2O4+. The standard InChI is InChI=1S/C36H57N2O4/c1-7-9-10-11-12-13-14-15-16-17-18-21-26-41-34-24-23-32(27-33(34)36(4,5)6)42-29-35(40)38(30(3)39)28-31-22-19-20-25-37(31)8-2/h19-20,22-25,27H,7-18,21,26,28-29H2,1-6H3/q+1. The number of nitrogens with zero attached hydrogens (tertiary/aromatic N) is 2. The number of amides is 2. The lowest BCUT2D eigenvalue weighted by molar-refractivity contribution is -0.701. The minimum atomic E-state index is -0.362. The number of hydrogen-bond acceptors (Lipinski definition) is 4. The second-order valence-corrected chi connectivity index (χ2v) is 12.4. The van der Waals surface area contributed by atoms with Crippen LogP contribution in [0.2, 0.25) is 0 Å². The van der Waals surface area contributed by atoms with Crippen LogP contribution in [-0.2, 0) is 28.1 Å². The summed E-state index contributed by atoms with van der Waals surface area (Å²) >= 11 is 0. The average Bonchev–Trinajstić information content (AvgIpc) is 2.96. The molecule has 1 heterocycles. The lowest BCUT2D eigenvalue weighted by Gasteiger charge is -2.24. The number of aromatic nitrogens is 1. The molecule has 42 heavy (non-hydrogen) atoms. The van der Waals surface area contributed by atoms with Crippen LogP contribution in [0.3, 0.4) is 0 Å². The van der Waals surface area contributed by atoms with Gasteiger partial charge in [-0.2, -0.15) is 0 Å². The Morgan fingerprint density at radius 1 is 0.810 bits per heavy atom. The van der Waals surface area contributed by atoms with Crippen LogP contribution in [0.5, 0.6) is 11.5 Å². The maximum Gasteiger partial charge on any atom is 0.267 e. The molecule has 1 aromatic heterocycles. The van der Waals surface area contributed by atoms with Gasteiger partial charge in [-0.05, 0) is 37.0 Å². The van der Waals surface area contributed by atoms with Crippen LogP contribution in [0.4, 0.5) is 0 Å². The van der Waals surface area contributed by atoms with E-state index in [9.17, 15) is 9.59 Å². The van der Waals surface area contributed by atoms with Crippen molar-refractivity contribution in [1.29, 1.82) is 0 Å². The quantitative estimate of drug-likeness (QED) is 0.117. The Bertz CT molecular complexity index is 1080. The molecule has 6 heteroatoms. The minimum absolute atomic E-state index is 0.151. The molecule has 0 aliphatic carbocycles. The first-order valence-corrected chi connectivity index (χ1v) is 16.4. The van der Waals surface area contributed by atoms with Crippen molar-refractivity contribution in [3.8, 4) is 11.5 Å². The second-order valence-electron chi connectivity index (χ2n) is 12.4. The number of benzene rings is 1. The minimum Gasteiger partial charge on any atom is -0.493 e. The molecule has 0 aliphatic rings. The van der Waals surface area contributed by atoms with Gasteiger partial charge in [-0.25, -0.2) is 4.57 Å². The smallest absolute Gasteiger partial charge is 0.267 e. The molecule has 0 radical (unpaired) electrons. The van der Waals surface area contributed by atoms with E-state index >= 15 is 0 Å². The predicted molar refractivity (Wildman–Crippen MR) is 171 cm³/mol. The number of rotatable bonds is 20. The maximum absolute atomic E-state index is 13.0. The van der Waals surface area contributed by atoms with Crippen molar-refractivity contribution in [3.05, 3.63) is 53.9 Å². The first-order valence-electron chi connectivity index (χ1n) is 16.4. The molecule has 2 aromatic rings. The molecule has 0 spiro atoms. The Morgan fingerprint density at radius 3 is 2.00 bits per heavy atom. The van der Waals surface area contributed by atoms with E-state index in [0.717, 1.165) is 30.0 Å². The first kappa shape index (κ1) is 35.3. The molecule has 1 aromatic carbocycles. The summed E-state index contributed by atoms with van der Waals surface area (Å²) < 4.78 is 14.1. The monoisotopic (exact) mass is 581 g/mol. The number of carbonyl (C=O) groups excluding carboxylic acids is 2. The fraction of sp³-hybridized carbons (Fsp3) is 0.639. The number of aryl methyl sites for hydroxylation is 1. The molecule has 2 amide bonds. The summed E-state index contributed by atoms with van der Waals surface area (Å²) in [5.41, 5.74) is 1.79. The summed E-state index contributed by atoms with van der Waals surface area (Å²) in [6.07, 6.45) is 17.8. The van der Waals surface area contributed by atoms with E-state index in [0.29, 0.717) is 12.4 Å². The topological polar surface area (TPSA) is 59.7 Å². The lowest BCUT2D eigenvalue weighted by atomic mass is 9.86. The molecule has 0 aliphatic heterocycles. The second kappa shape index (κ2) is 19.3. The fourth-order valence-corrected chi connectivity index (χ4v) is 5.16. The predicted octanol–water partition coefficient (Wildman–Crippen LogP) is 8.33. The fourth-order valence-electron chi connectivity index (χ4n) is 5.16. The highest BCUT2D eigenvalue weighted by Gasteiger charge is 2.24. The Balaban J connectivity index is 1.82. The SMILES string of the molecule is CCCCCCCCCCCCCCOc1ccc(OCC(=O)N(Cc2cccc[n+]2CC)C(C)=O)cc1C(C)(C)C. The number of imide groups is 1. The Hall–Kier alpha value is -2.89. The van der Waals surface area contributed by atoms with Crippen molar-refractivity contribution in [2.45, 2.75) is 137 Å². The molecule has 2 rings (SSSR count). The van der Waals surface area contributed by atoms with Crippen LogP contribution in [0, 0.1) is 0 Å². The Labute approximate surface area is 255 Å². The van der Waals surface area contributed by atoms with Crippen molar-refractivity contribution in [2.24, 2.45) is 0 Å². The van der Waals surface area contributed by atoms with Crippen LogP contribution in [0.1, 0.15) is 130 Å². The van der Waals surface area contributed by atoms with Gasteiger partial charge in [-0.3, -0.25) is 14.5 Å². The van der Waals surface area contributed by atoms with Crippen molar-refractivity contribution >= 4 is 11.8 Å². The van der Waals surface area contributed by atoms with Crippen molar-refractivity contribution in [3.63, 3.8) is 0 Å². The highest BCUT2D eigenvalue weighted by Crippen LogP contribution is 2.34. The first-order chi connectivity index (χ1) is 20.2. The summed E-state index contributed by atoms with van der Waals surface area (Å²) in [7, 11) is 0. The van der Waals surface area contributed by atoms with Gasteiger partial charge in [0.05, 0.1) is 6.61 Å². The molecule has 0 saturated heterocycles. The number of carbonyl (C=O) groups is 2. The van der Waals surface area contributed by atoms with Crippen LogP contribution in [-0.4, -0.2) is 29.9 Å². The molecule has 0 fully saturated rings. The van der Waals surface area contributed by atoms with Gasteiger partial charge in [0.1, 0.15) is 24.6 Å². The summed E-state index contributed by atoms with van der Waals surface area (Å²) in [5.74, 6) is 0.797. The zero-order valence-corrected chi connectivity index (χ0v) is 27.4. The van der Waals surface area contributed by atoms with Gasteiger partial charge in [0, 0.05) is 24.6 Å². The van der Waals surface area contributed by atoms with E-state index in [1.54, 1.807) is 0 Å². The van der Waals surface area contributed by atoms with Gasteiger partial charge in [0.25, 0.3) is 5.91 Å². The normalized spacial score (nSPS) is 11.4. The maximum atomic E-state index is 13.0. The van der Waals surface area contributed by atoms with Crippen molar-refractivity contribution < 1.29 is 23.6 Å². The number of unbranched alkanes of at least 4 members (excludes halogenated alkanes) is 11. The molecular weight excluding hydrogens is 524 g/mol. The summed E-state index contributed by atoms with van der Waals surface area (Å²) in [6, 6.07) is 11.5. The largest absolute Gasteiger partial charge is 0.493 e. The highest BCUT2D eigenvalue weighted by molar-refractivity contribution is 5.94. The van der Waals surface area contributed by atoms with Gasteiger partial charge in [0.15, 0.2) is 12.8 Å². The summed E-state index contributed by atoms with van der Waals surface area (Å²) in [6.45, 7) is 13.6. The molecule has 0 saturated carbocycles. The average molecular weight is 582 g/mol. The van der Waals surface area contributed by atoms with E-state index in [1.165, 1.54) is 82.5 Å². The third-order valence-electron chi connectivity index (χ3n) is 7.75. The van der Waals surface area contributed by atoms with Crippen LogP contribution in [0.15, 0.2) is 42.6 Å². The van der Waals surface area contributed by atoms with Crippen LogP contribution >= 0.6 is 0 Å². The molecule has 6 nitrogen and oxygen atoms in total. The zero-order valence-electron chi connectivity index (χ0n) is 27.4. The van der Waals surface area contributed by atoms with Crippen molar-refractivity contribution in [2.75, 3.05) is 13.2 Å². The molecule has 234 valence electrons. The third kappa shape index (κ3) is 13.0. The third-order valence-corrected chi connectivity index (χ3v) is 7.75. The number of pyridine rings is 1. The summed E-state index contributed by atoms with van der Waals surface area (Å²) in [5, 5.41) is 0. The van der Waals surface area contributed by atoms with E-state index in [-0.39, 0.29) is 30.4 Å². The Kier molecular flexibility index (Phi) is 16.2. The molecule has 0 bridgehead atoms. The molecule has 0 atom stereocenters. The van der Waals surface area contributed by atoms with Crippen LogP contribution < -0.4 is 14.0 Å². The highest BCUT2D eigenvalue weighted by atomic mass is 16.5. The van der Waals surface area contributed by atoms with Gasteiger partial charge in [-0.1, -0.05) is 104 Å². The van der Waals surface area contributed by atoms with Gasteiger partial charge in [-0.15, -0.1) is 0 Å². The zero-order chi connectivity index (χ0) is 30.8. The summed E-state index contributed by atoms with van der Waals surface area (Å²) in [4.78, 5) is 26.6. The van der Waals surface area contributed by atoms with E-state index in [1.807, 2.05) is 54.1 Å². The lowest BCUT2D eigenvalue weighted by Crippen LogP contribution is -2.44. The molecule has 0 N–H and O–H groups in total. The Morgan fingerprint density at radius 2 is 1.43 bits per heavy atom. The van der Waals surface area contributed by atoms with Crippen LogP contribution in [0.25, 0.3) is 0 Å². The molecule has 0 unspecified atom stereocenters. The van der Waals surface area contributed by atoms with Gasteiger partial charge in [0.2, 0.25) is 11.6 Å². The van der Waals surface area contributed by atoms with Gasteiger partial charge >= 0.3 is 0 Å². The van der Waals surface area contributed by atoms with E-state index in [4.69, 9.17) is 9.47 Å². The van der Waals surface area contributed by atoms with E-state index < -0.39 is 0 Å². The number of ether oxygens (including phenoxy) is 2.